The fourth-order valence-corrected chi connectivity index (χ4v) is 2.74. The molecule has 1 unspecified atom stereocenters. The molecule has 0 bridgehead atoms. The molecule has 1 N–H and O–H groups in total. The molecular weight excluding hydrogens is 279 g/mol. The summed E-state index contributed by atoms with van der Waals surface area (Å²) >= 11 is 13.3. The quantitative estimate of drug-likeness (QED) is 0.642. The van der Waals surface area contributed by atoms with Crippen molar-refractivity contribution in [2.75, 3.05) is 12.4 Å². The highest BCUT2D eigenvalue weighted by atomic mass is 35.5. The Morgan fingerprint density at radius 3 is 2.76 bits per heavy atom. The first-order valence-corrected chi connectivity index (χ1v) is 7.08. The third-order valence-electron chi connectivity index (χ3n) is 2.24. The number of benzene rings is 1. The summed E-state index contributed by atoms with van der Waals surface area (Å²) in [5.41, 5.74) is 0.500. The predicted octanol–water partition coefficient (Wildman–Crippen LogP) is 3.68. The van der Waals surface area contributed by atoms with Crippen LogP contribution in [0.2, 0.25) is 10.0 Å². The standard InChI is InChI=1S/C12H14Cl2O2S/c1-8(17-6-2-5-15)12(16)10-4-3-9(13)7-11(10)14/h3-4,7-8,15H,2,5-6H2,1H3. The molecule has 0 aliphatic rings. The van der Waals surface area contributed by atoms with Gasteiger partial charge in [-0.05, 0) is 37.3 Å². The molecule has 0 spiro atoms. The number of Topliss-reactive ketones (excluding diaryl/α,β-unsaturated/α-hetero) is 1. The first kappa shape index (κ1) is 14.8. The number of carbonyl (C=O) groups excluding carboxylic acids is 1. The summed E-state index contributed by atoms with van der Waals surface area (Å²) < 4.78 is 0. The van der Waals surface area contributed by atoms with Crippen molar-refractivity contribution in [1.82, 2.24) is 0 Å². The summed E-state index contributed by atoms with van der Waals surface area (Å²) in [6, 6.07) is 4.88. The van der Waals surface area contributed by atoms with E-state index >= 15 is 0 Å². The van der Waals surface area contributed by atoms with Crippen LogP contribution in [-0.4, -0.2) is 28.5 Å². The number of carbonyl (C=O) groups is 1. The molecular formula is C12H14Cl2O2S. The van der Waals surface area contributed by atoms with Gasteiger partial charge in [-0.3, -0.25) is 4.79 Å². The lowest BCUT2D eigenvalue weighted by Gasteiger charge is -2.11. The van der Waals surface area contributed by atoms with Crippen LogP contribution in [-0.2, 0) is 0 Å². The monoisotopic (exact) mass is 292 g/mol. The first-order valence-electron chi connectivity index (χ1n) is 5.28. The largest absolute Gasteiger partial charge is 0.396 e. The molecule has 0 radical (unpaired) electrons. The van der Waals surface area contributed by atoms with Gasteiger partial charge in [-0.2, -0.15) is 11.8 Å². The Bertz CT molecular complexity index is 396. The van der Waals surface area contributed by atoms with E-state index in [-0.39, 0.29) is 17.6 Å². The first-order chi connectivity index (χ1) is 8.06. The molecule has 0 fully saturated rings. The Balaban J connectivity index is 2.68. The maximum absolute atomic E-state index is 12.1. The van der Waals surface area contributed by atoms with E-state index in [4.69, 9.17) is 28.3 Å². The van der Waals surface area contributed by atoms with Gasteiger partial charge in [0.1, 0.15) is 0 Å². The summed E-state index contributed by atoms with van der Waals surface area (Å²) in [5, 5.41) is 9.42. The third kappa shape index (κ3) is 4.51. The number of thioether (sulfide) groups is 1. The molecule has 0 saturated carbocycles. The van der Waals surface area contributed by atoms with Crippen molar-refractivity contribution in [3.8, 4) is 0 Å². The fraction of sp³-hybridized carbons (Fsp3) is 0.417. The zero-order valence-electron chi connectivity index (χ0n) is 9.45. The summed E-state index contributed by atoms with van der Waals surface area (Å²) in [4.78, 5) is 12.1. The van der Waals surface area contributed by atoms with Crippen LogP contribution in [0, 0.1) is 0 Å². The van der Waals surface area contributed by atoms with Gasteiger partial charge < -0.3 is 5.11 Å². The van der Waals surface area contributed by atoms with E-state index < -0.39 is 0 Å². The minimum absolute atomic E-state index is 0.00499. The number of aliphatic hydroxyl groups is 1. The lowest BCUT2D eigenvalue weighted by molar-refractivity contribution is 0.0994. The SMILES string of the molecule is CC(SCCCO)C(=O)c1ccc(Cl)cc1Cl. The summed E-state index contributed by atoms with van der Waals surface area (Å²) in [7, 11) is 0. The van der Waals surface area contributed by atoms with Crippen molar-refractivity contribution in [2.24, 2.45) is 0 Å². The number of hydrogen-bond donors (Lipinski definition) is 1. The molecule has 0 saturated heterocycles. The van der Waals surface area contributed by atoms with E-state index in [0.717, 1.165) is 5.75 Å². The average Bonchev–Trinajstić information content (AvgIpc) is 2.28. The third-order valence-corrected chi connectivity index (χ3v) is 4.02. The van der Waals surface area contributed by atoms with Crippen molar-refractivity contribution in [1.29, 1.82) is 0 Å². The normalized spacial score (nSPS) is 12.5. The Hall–Kier alpha value is -0.220. The van der Waals surface area contributed by atoms with Crippen molar-refractivity contribution in [3.05, 3.63) is 33.8 Å². The summed E-state index contributed by atoms with van der Waals surface area (Å²) in [6.07, 6.45) is 0.691. The Morgan fingerprint density at radius 2 is 2.18 bits per heavy atom. The molecule has 1 aromatic carbocycles. The van der Waals surface area contributed by atoms with Gasteiger partial charge >= 0.3 is 0 Å². The molecule has 1 aromatic rings. The van der Waals surface area contributed by atoms with Crippen molar-refractivity contribution < 1.29 is 9.90 Å². The number of halogens is 2. The Labute approximate surface area is 115 Å². The molecule has 5 heteroatoms. The number of aliphatic hydroxyl groups excluding tert-OH is 1. The van der Waals surface area contributed by atoms with E-state index in [1.807, 2.05) is 6.92 Å². The van der Waals surface area contributed by atoms with Gasteiger partial charge in [-0.1, -0.05) is 23.2 Å². The molecule has 1 atom stereocenters. The highest BCUT2D eigenvalue weighted by molar-refractivity contribution is 8.00. The molecule has 0 aliphatic heterocycles. The van der Waals surface area contributed by atoms with Gasteiger partial charge in [-0.15, -0.1) is 0 Å². The van der Waals surface area contributed by atoms with E-state index in [0.29, 0.717) is 22.0 Å². The number of hydrogen-bond acceptors (Lipinski definition) is 3. The number of ketones is 1. The molecule has 2 nitrogen and oxygen atoms in total. The Kier molecular flexibility index (Phi) is 6.34. The second-order valence-corrected chi connectivity index (χ2v) is 5.87. The van der Waals surface area contributed by atoms with Gasteiger partial charge in [0.15, 0.2) is 5.78 Å². The smallest absolute Gasteiger partial charge is 0.177 e. The van der Waals surface area contributed by atoms with Crippen LogP contribution in [0.1, 0.15) is 23.7 Å². The molecule has 17 heavy (non-hydrogen) atoms. The molecule has 0 amide bonds. The van der Waals surface area contributed by atoms with Crippen LogP contribution in [0.25, 0.3) is 0 Å². The maximum atomic E-state index is 12.1. The Morgan fingerprint density at radius 1 is 1.47 bits per heavy atom. The van der Waals surface area contributed by atoms with Crippen LogP contribution >= 0.6 is 35.0 Å². The molecule has 0 aromatic heterocycles. The van der Waals surface area contributed by atoms with Crippen LogP contribution in [0.3, 0.4) is 0 Å². The van der Waals surface area contributed by atoms with Crippen molar-refractivity contribution in [2.45, 2.75) is 18.6 Å². The summed E-state index contributed by atoms with van der Waals surface area (Å²) in [5.74, 6) is 0.754. The highest BCUT2D eigenvalue weighted by Gasteiger charge is 2.18. The lowest BCUT2D eigenvalue weighted by atomic mass is 10.1. The lowest BCUT2D eigenvalue weighted by Crippen LogP contribution is -2.14. The van der Waals surface area contributed by atoms with Gasteiger partial charge in [0.05, 0.1) is 10.3 Å². The minimum atomic E-state index is -0.166. The van der Waals surface area contributed by atoms with Crippen LogP contribution < -0.4 is 0 Å². The predicted molar refractivity (Wildman–Crippen MR) is 74.4 cm³/mol. The molecule has 94 valence electrons. The molecule has 0 aliphatic carbocycles. The maximum Gasteiger partial charge on any atom is 0.177 e. The second-order valence-electron chi connectivity index (χ2n) is 3.58. The van der Waals surface area contributed by atoms with Crippen molar-refractivity contribution in [3.63, 3.8) is 0 Å². The minimum Gasteiger partial charge on any atom is -0.396 e. The van der Waals surface area contributed by atoms with E-state index in [1.165, 1.54) is 11.8 Å². The fourth-order valence-electron chi connectivity index (χ4n) is 1.31. The zero-order valence-corrected chi connectivity index (χ0v) is 11.8. The van der Waals surface area contributed by atoms with Gasteiger partial charge in [0.2, 0.25) is 0 Å². The van der Waals surface area contributed by atoms with Crippen LogP contribution in [0.15, 0.2) is 18.2 Å². The van der Waals surface area contributed by atoms with Gasteiger partial charge in [0.25, 0.3) is 0 Å². The van der Waals surface area contributed by atoms with Crippen LogP contribution in [0.4, 0.5) is 0 Å². The zero-order chi connectivity index (χ0) is 12.8. The van der Waals surface area contributed by atoms with E-state index in [9.17, 15) is 4.79 Å². The van der Waals surface area contributed by atoms with Crippen molar-refractivity contribution >= 4 is 40.7 Å². The van der Waals surface area contributed by atoms with E-state index in [2.05, 4.69) is 0 Å². The molecule has 1 rings (SSSR count). The van der Waals surface area contributed by atoms with Crippen LogP contribution in [0.5, 0.6) is 0 Å². The highest BCUT2D eigenvalue weighted by Crippen LogP contribution is 2.25. The van der Waals surface area contributed by atoms with E-state index in [1.54, 1.807) is 18.2 Å². The number of rotatable bonds is 6. The topological polar surface area (TPSA) is 37.3 Å². The van der Waals surface area contributed by atoms with Gasteiger partial charge in [0, 0.05) is 17.2 Å². The second kappa shape index (κ2) is 7.27. The summed E-state index contributed by atoms with van der Waals surface area (Å²) in [6.45, 7) is 1.99. The molecule has 0 heterocycles. The van der Waals surface area contributed by atoms with Gasteiger partial charge in [-0.25, -0.2) is 0 Å². The average molecular weight is 293 g/mol.